The molecule has 0 aliphatic carbocycles. The molecule has 23 heavy (non-hydrogen) atoms. The van der Waals surface area contributed by atoms with Gasteiger partial charge in [-0.05, 0) is 30.2 Å². The van der Waals surface area contributed by atoms with Crippen LogP contribution in [0.15, 0.2) is 30.3 Å². The van der Waals surface area contributed by atoms with Gasteiger partial charge in [-0.15, -0.1) is 11.6 Å². The standard InChI is InChI=1S/C16H16ClN3O3/c17-9-13(21)18-11-4-1-10(2-5-11)3-6-14(22)20-8-7-12-15(20)16(23)19-12/h1-6,12,15H,7-9H2,(H,18,21)(H,19,23)/b6-3+/t12-,15+/m1/s1. The molecular formula is C16H16ClN3O3. The van der Waals surface area contributed by atoms with E-state index >= 15 is 0 Å². The van der Waals surface area contributed by atoms with Crippen molar-refractivity contribution in [2.45, 2.75) is 18.5 Å². The van der Waals surface area contributed by atoms with Gasteiger partial charge in [0.05, 0.1) is 6.04 Å². The Balaban J connectivity index is 1.60. The van der Waals surface area contributed by atoms with Gasteiger partial charge in [-0.25, -0.2) is 0 Å². The average Bonchev–Trinajstić information content (AvgIpc) is 2.90. The molecule has 0 saturated carbocycles. The summed E-state index contributed by atoms with van der Waals surface area (Å²) in [5.74, 6) is -0.602. The molecule has 120 valence electrons. The molecule has 2 N–H and O–H groups in total. The molecule has 1 aromatic rings. The van der Waals surface area contributed by atoms with E-state index in [9.17, 15) is 14.4 Å². The number of nitrogens with zero attached hydrogens (tertiary/aromatic N) is 1. The molecule has 0 unspecified atom stereocenters. The Kier molecular flexibility index (Phi) is 4.34. The van der Waals surface area contributed by atoms with Gasteiger partial charge < -0.3 is 15.5 Å². The van der Waals surface area contributed by atoms with E-state index in [1.807, 2.05) is 0 Å². The Morgan fingerprint density at radius 2 is 2.09 bits per heavy atom. The number of rotatable bonds is 4. The van der Waals surface area contributed by atoms with Crippen molar-refractivity contribution in [1.82, 2.24) is 10.2 Å². The third-order valence-corrected chi connectivity index (χ3v) is 4.25. The number of amides is 3. The number of fused-ring (bicyclic) bond motifs is 1. The second-order valence-electron chi connectivity index (χ2n) is 5.52. The first-order chi connectivity index (χ1) is 11.1. The predicted molar refractivity (Wildman–Crippen MR) is 86.9 cm³/mol. The van der Waals surface area contributed by atoms with E-state index in [1.54, 1.807) is 35.2 Å². The van der Waals surface area contributed by atoms with E-state index < -0.39 is 0 Å². The summed E-state index contributed by atoms with van der Waals surface area (Å²) in [5, 5.41) is 5.43. The average molecular weight is 334 g/mol. The largest absolute Gasteiger partial charge is 0.349 e. The van der Waals surface area contributed by atoms with E-state index in [0.717, 1.165) is 12.0 Å². The topological polar surface area (TPSA) is 78.5 Å². The normalized spacial score (nSPS) is 22.5. The number of hydrogen-bond donors (Lipinski definition) is 2. The van der Waals surface area contributed by atoms with Crippen molar-refractivity contribution >= 4 is 41.1 Å². The highest BCUT2D eigenvalue weighted by atomic mass is 35.5. The number of benzene rings is 1. The first kappa shape index (κ1) is 15.6. The van der Waals surface area contributed by atoms with Crippen LogP contribution in [0.1, 0.15) is 12.0 Å². The number of carbonyl (C=O) groups excluding carboxylic acids is 3. The lowest BCUT2D eigenvalue weighted by atomic mass is 10.0. The summed E-state index contributed by atoms with van der Waals surface area (Å²) >= 11 is 5.42. The first-order valence-corrected chi connectivity index (χ1v) is 7.87. The first-order valence-electron chi connectivity index (χ1n) is 7.33. The number of halogens is 1. The highest BCUT2D eigenvalue weighted by Gasteiger charge is 2.49. The van der Waals surface area contributed by atoms with Crippen molar-refractivity contribution in [1.29, 1.82) is 0 Å². The van der Waals surface area contributed by atoms with Gasteiger partial charge in [-0.3, -0.25) is 14.4 Å². The second kappa shape index (κ2) is 6.42. The van der Waals surface area contributed by atoms with Gasteiger partial charge in [0.15, 0.2) is 0 Å². The van der Waals surface area contributed by atoms with Crippen LogP contribution in [0.2, 0.25) is 0 Å². The summed E-state index contributed by atoms with van der Waals surface area (Å²) in [6.45, 7) is 0.598. The molecule has 3 rings (SSSR count). The molecule has 0 aromatic heterocycles. The molecule has 2 aliphatic heterocycles. The number of anilines is 1. The minimum absolute atomic E-state index is 0.0753. The van der Waals surface area contributed by atoms with Crippen molar-refractivity contribution < 1.29 is 14.4 Å². The SMILES string of the molecule is O=C(CCl)Nc1ccc(/C=C/C(=O)N2CC[C@H]3NC(=O)[C@H]32)cc1. The third kappa shape index (κ3) is 3.22. The highest BCUT2D eigenvalue weighted by Crippen LogP contribution is 2.25. The van der Waals surface area contributed by atoms with Gasteiger partial charge in [-0.1, -0.05) is 12.1 Å². The van der Waals surface area contributed by atoms with Gasteiger partial charge in [0, 0.05) is 18.3 Å². The van der Waals surface area contributed by atoms with Crippen LogP contribution in [0, 0.1) is 0 Å². The molecule has 2 saturated heterocycles. The molecule has 0 radical (unpaired) electrons. The van der Waals surface area contributed by atoms with Crippen LogP contribution in [0.25, 0.3) is 6.08 Å². The lowest BCUT2D eigenvalue weighted by Gasteiger charge is -2.35. The lowest BCUT2D eigenvalue weighted by Crippen LogP contribution is -2.64. The van der Waals surface area contributed by atoms with E-state index in [2.05, 4.69) is 10.6 Å². The smallest absolute Gasteiger partial charge is 0.247 e. The Labute approximate surface area is 138 Å². The van der Waals surface area contributed by atoms with Gasteiger partial charge in [0.1, 0.15) is 11.9 Å². The molecule has 7 heteroatoms. The Hall–Kier alpha value is -2.34. The molecule has 2 heterocycles. The quantitative estimate of drug-likeness (QED) is 0.490. The maximum Gasteiger partial charge on any atom is 0.247 e. The summed E-state index contributed by atoms with van der Waals surface area (Å²) in [7, 11) is 0. The molecule has 0 spiro atoms. The van der Waals surface area contributed by atoms with Gasteiger partial charge in [-0.2, -0.15) is 0 Å². The molecule has 0 bridgehead atoms. The zero-order valence-corrected chi connectivity index (χ0v) is 13.0. The lowest BCUT2D eigenvalue weighted by molar-refractivity contribution is -0.141. The Morgan fingerprint density at radius 1 is 1.35 bits per heavy atom. The summed E-state index contributed by atoms with van der Waals surface area (Å²) in [6, 6.07) is 6.86. The number of β-lactam (4-membered cyclic amide) rings is 1. The monoisotopic (exact) mass is 333 g/mol. The molecule has 6 nitrogen and oxygen atoms in total. The van der Waals surface area contributed by atoms with Gasteiger partial charge in [0.25, 0.3) is 0 Å². The van der Waals surface area contributed by atoms with Crippen LogP contribution in [0.3, 0.4) is 0 Å². The van der Waals surface area contributed by atoms with E-state index in [-0.39, 0.29) is 35.7 Å². The number of carbonyl (C=O) groups is 3. The maximum atomic E-state index is 12.2. The minimum Gasteiger partial charge on any atom is -0.349 e. The van der Waals surface area contributed by atoms with Crippen LogP contribution in [0.4, 0.5) is 5.69 Å². The van der Waals surface area contributed by atoms with Gasteiger partial charge >= 0.3 is 0 Å². The fourth-order valence-corrected chi connectivity index (χ4v) is 2.89. The number of alkyl halides is 1. The zero-order chi connectivity index (χ0) is 16.4. The zero-order valence-electron chi connectivity index (χ0n) is 12.3. The van der Waals surface area contributed by atoms with Crippen molar-refractivity contribution in [3.63, 3.8) is 0 Å². The highest BCUT2D eigenvalue weighted by molar-refractivity contribution is 6.29. The summed E-state index contributed by atoms with van der Waals surface area (Å²) in [6.07, 6.45) is 3.98. The second-order valence-corrected chi connectivity index (χ2v) is 5.78. The molecular weight excluding hydrogens is 318 g/mol. The van der Waals surface area contributed by atoms with E-state index in [1.165, 1.54) is 6.08 Å². The number of likely N-dealkylation sites (tertiary alicyclic amines) is 1. The van der Waals surface area contributed by atoms with Crippen molar-refractivity contribution in [2.24, 2.45) is 0 Å². The van der Waals surface area contributed by atoms with Gasteiger partial charge in [0.2, 0.25) is 17.7 Å². The fourth-order valence-electron chi connectivity index (χ4n) is 2.82. The van der Waals surface area contributed by atoms with Crippen molar-refractivity contribution in [3.05, 3.63) is 35.9 Å². The summed E-state index contributed by atoms with van der Waals surface area (Å²) in [5.41, 5.74) is 1.48. The molecule has 2 fully saturated rings. The van der Waals surface area contributed by atoms with E-state index in [4.69, 9.17) is 11.6 Å². The maximum absolute atomic E-state index is 12.2. The molecule has 3 amide bonds. The Bertz CT molecular complexity index is 672. The van der Waals surface area contributed by atoms with Crippen LogP contribution in [-0.4, -0.2) is 47.1 Å². The van der Waals surface area contributed by atoms with E-state index in [0.29, 0.717) is 12.2 Å². The van der Waals surface area contributed by atoms with Crippen LogP contribution >= 0.6 is 11.6 Å². The Morgan fingerprint density at radius 3 is 2.74 bits per heavy atom. The van der Waals surface area contributed by atoms with Crippen LogP contribution < -0.4 is 10.6 Å². The molecule has 2 atom stereocenters. The summed E-state index contributed by atoms with van der Waals surface area (Å²) < 4.78 is 0. The van der Waals surface area contributed by atoms with Crippen LogP contribution in [0.5, 0.6) is 0 Å². The summed E-state index contributed by atoms with van der Waals surface area (Å²) in [4.78, 5) is 36.5. The molecule has 1 aromatic carbocycles. The minimum atomic E-state index is -0.305. The van der Waals surface area contributed by atoms with Crippen LogP contribution in [-0.2, 0) is 14.4 Å². The van der Waals surface area contributed by atoms with Crippen molar-refractivity contribution in [2.75, 3.05) is 17.7 Å². The van der Waals surface area contributed by atoms with Crippen molar-refractivity contribution in [3.8, 4) is 0 Å². The third-order valence-electron chi connectivity index (χ3n) is 4.01. The molecule has 2 aliphatic rings. The number of nitrogens with one attached hydrogen (secondary N) is 2. The predicted octanol–water partition coefficient (Wildman–Crippen LogP) is 0.976. The number of hydrogen-bond acceptors (Lipinski definition) is 3. The fraction of sp³-hybridized carbons (Fsp3) is 0.312.